The summed E-state index contributed by atoms with van der Waals surface area (Å²) < 4.78 is 11.7. The summed E-state index contributed by atoms with van der Waals surface area (Å²) in [5, 5.41) is 6.56. The first-order valence-corrected chi connectivity index (χ1v) is 9.80. The molecule has 0 bridgehead atoms. The Bertz CT molecular complexity index is 947. The lowest BCUT2D eigenvalue weighted by atomic mass is 10.2. The zero-order valence-corrected chi connectivity index (χ0v) is 17.0. The van der Waals surface area contributed by atoms with Crippen molar-refractivity contribution < 1.29 is 14.6 Å². The van der Waals surface area contributed by atoms with Crippen molar-refractivity contribution in [3.05, 3.63) is 90.0 Å². The summed E-state index contributed by atoms with van der Waals surface area (Å²) >= 11 is 5.27. The molecule has 29 heavy (non-hydrogen) atoms. The number of hydrogen-bond acceptors (Lipinski definition) is 3. The van der Waals surface area contributed by atoms with E-state index in [1.807, 2.05) is 92.0 Å². The van der Waals surface area contributed by atoms with Crippen molar-refractivity contribution in [2.75, 3.05) is 11.9 Å². The number of anilines is 1. The SMILES string of the molecule is CCOc1cc(C=[NH+]NC(=S)Nc2ccccc2)ccc1OCc1ccccc1. The quantitative estimate of drug-likeness (QED) is 0.305. The smallest absolute Gasteiger partial charge is 0.228 e. The fourth-order valence-electron chi connectivity index (χ4n) is 2.61. The lowest BCUT2D eigenvalue weighted by molar-refractivity contribution is -0.499. The number of rotatable bonds is 8. The minimum Gasteiger partial charge on any atom is -0.490 e. The summed E-state index contributed by atoms with van der Waals surface area (Å²) in [6.07, 6.45) is 1.81. The number of hydrazone groups is 1. The van der Waals surface area contributed by atoms with Gasteiger partial charge in [0.2, 0.25) is 5.11 Å². The highest BCUT2D eigenvalue weighted by Crippen LogP contribution is 2.28. The van der Waals surface area contributed by atoms with Crippen LogP contribution in [0.3, 0.4) is 0 Å². The average molecular weight is 407 g/mol. The van der Waals surface area contributed by atoms with E-state index in [9.17, 15) is 0 Å². The maximum atomic E-state index is 5.93. The van der Waals surface area contributed by atoms with E-state index in [0.717, 1.165) is 16.8 Å². The fourth-order valence-corrected chi connectivity index (χ4v) is 2.78. The van der Waals surface area contributed by atoms with E-state index in [1.54, 1.807) is 0 Å². The van der Waals surface area contributed by atoms with Crippen molar-refractivity contribution in [2.45, 2.75) is 13.5 Å². The molecule has 0 aromatic heterocycles. The molecule has 0 heterocycles. The van der Waals surface area contributed by atoms with Gasteiger partial charge >= 0.3 is 0 Å². The lowest BCUT2D eigenvalue weighted by Crippen LogP contribution is -2.82. The van der Waals surface area contributed by atoms with Gasteiger partial charge in [0.05, 0.1) is 6.61 Å². The maximum Gasteiger partial charge on any atom is 0.228 e. The Balaban J connectivity index is 1.59. The standard InChI is InChI=1S/C23H23N3O2S/c1-2-27-22-15-19(13-14-21(22)28-17-18-9-5-3-6-10-18)16-24-26-23(29)25-20-11-7-4-8-12-20/h3-16H,2,17H2,1H3,(H2,25,26,29)/p+1. The molecule has 0 amide bonds. The minimum absolute atomic E-state index is 0.472. The minimum atomic E-state index is 0.472. The Kier molecular flexibility index (Phi) is 7.60. The Labute approximate surface area is 176 Å². The first kappa shape index (κ1) is 20.4. The third-order valence-electron chi connectivity index (χ3n) is 3.96. The number of thiocarbonyl (C=S) groups is 1. The number of hydrazine groups is 1. The average Bonchev–Trinajstić information content (AvgIpc) is 2.75. The largest absolute Gasteiger partial charge is 0.490 e. The van der Waals surface area contributed by atoms with Crippen LogP contribution in [-0.2, 0) is 6.61 Å². The van der Waals surface area contributed by atoms with Gasteiger partial charge in [-0.2, -0.15) is 0 Å². The molecule has 6 heteroatoms. The molecule has 0 fully saturated rings. The van der Waals surface area contributed by atoms with Gasteiger partial charge in [-0.25, -0.2) is 0 Å². The number of para-hydroxylation sites is 1. The highest BCUT2D eigenvalue weighted by molar-refractivity contribution is 7.80. The van der Waals surface area contributed by atoms with Crippen LogP contribution in [0.25, 0.3) is 0 Å². The third kappa shape index (κ3) is 6.62. The van der Waals surface area contributed by atoms with Crippen molar-refractivity contribution in [2.24, 2.45) is 0 Å². The molecule has 0 aliphatic heterocycles. The van der Waals surface area contributed by atoms with Gasteiger partial charge in [0, 0.05) is 11.3 Å². The van der Waals surface area contributed by atoms with Gasteiger partial charge in [-0.05, 0) is 55.0 Å². The lowest BCUT2D eigenvalue weighted by Gasteiger charge is -2.12. The summed E-state index contributed by atoms with van der Waals surface area (Å²) in [6, 6.07) is 25.6. The van der Waals surface area contributed by atoms with Crippen molar-refractivity contribution in [3.63, 3.8) is 0 Å². The summed E-state index contributed by atoms with van der Waals surface area (Å²) in [4.78, 5) is 0. The summed E-state index contributed by atoms with van der Waals surface area (Å²) in [5.74, 6) is 1.41. The Hall–Kier alpha value is -3.38. The summed E-state index contributed by atoms with van der Waals surface area (Å²) in [5.41, 5.74) is 5.89. The predicted molar refractivity (Wildman–Crippen MR) is 120 cm³/mol. The van der Waals surface area contributed by atoms with Gasteiger partial charge in [0.1, 0.15) is 6.61 Å². The number of hydrogen-bond donors (Lipinski definition) is 3. The number of ether oxygens (including phenoxy) is 2. The molecule has 0 aliphatic rings. The number of benzene rings is 3. The molecule has 3 aromatic carbocycles. The molecule has 0 aliphatic carbocycles. The van der Waals surface area contributed by atoms with E-state index < -0.39 is 0 Å². The molecular weight excluding hydrogens is 382 g/mol. The van der Waals surface area contributed by atoms with Crippen LogP contribution >= 0.6 is 12.2 Å². The predicted octanol–water partition coefficient (Wildman–Crippen LogP) is 3.07. The van der Waals surface area contributed by atoms with Gasteiger partial charge in [-0.3, -0.25) is 0 Å². The number of nitrogens with one attached hydrogen (secondary N) is 3. The second kappa shape index (κ2) is 10.8. The molecule has 0 saturated heterocycles. The van der Waals surface area contributed by atoms with Crippen molar-refractivity contribution >= 4 is 29.2 Å². The molecule has 0 radical (unpaired) electrons. The molecule has 5 nitrogen and oxygen atoms in total. The second-order valence-electron chi connectivity index (χ2n) is 6.15. The molecule has 148 valence electrons. The second-order valence-corrected chi connectivity index (χ2v) is 6.56. The van der Waals surface area contributed by atoms with Crippen LogP contribution in [0.1, 0.15) is 18.1 Å². The maximum absolute atomic E-state index is 5.93. The molecule has 3 N–H and O–H groups in total. The van der Waals surface area contributed by atoms with Crippen molar-refractivity contribution in [1.29, 1.82) is 0 Å². The first-order chi connectivity index (χ1) is 14.2. The van der Waals surface area contributed by atoms with Crippen molar-refractivity contribution in [1.82, 2.24) is 5.43 Å². The Morgan fingerprint density at radius 1 is 0.931 bits per heavy atom. The van der Waals surface area contributed by atoms with Gasteiger partial charge < -0.3 is 14.8 Å². The van der Waals surface area contributed by atoms with Crippen molar-refractivity contribution in [3.8, 4) is 11.5 Å². The van der Waals surface area contributed by atoms with Crippen LogP contribution in [-0.4, -0.2) is 17.9 Å². The molecule has 0 atom stereocenters. The van der Waals surface area contributed by atoms with Gasteiger partial charge in [-0.15, -0.1) is 10.5 Å². The van der Waals surface area contributed by atoms with Gasteiger partial charge in [0.25, 0.3) is 0 Å². The zero-order chi connectivity index (χ0) is 20.3. The normalized spacial score (nSPS) is 10.5. The Morgan fingerprint density at radius 2 is 1.66 bits per heavy atom. The van der Waals surface area contributed by atoms with Crippen LogP contribution < -0.4 is 25.3 Å². The van der Waals surface area contributed by atoms with Crippen LogP contribution in [0.2, 0.25) is 0 Å². The van der Waals surface area contributed by atoms with Crippen LogP contribution in [0.5, 0.6) is 11.5 Å². The molecule has 0 spiro atoms. The van der Waals surface area contributed by atoms with Gasteiger partial charge in [0.15, 0.2) is 17.7 Å². The Morgan fingerprint density at radius 3 is 2.38 bits per heavy atom. The summed E-state index contributed by atoms with van der Waals surface area (Å²) in [6.45, 7) is 3.00. The molecule has 3 aromatic rings. The summed E-state index contributed by atoms with van der Waals surface area (Å²) in [7, 11) is 0. The van der Waals surface area contributed by atoms with E-state index >= 15 is 0 Å². The first-order valence-electron chi connectivity index (χ1n) is 9.39. The zero-order valence-electron chi connectivity index (χ0n) is 16.2. The van der Waals surface area contributed by atoms with E-state index in [-0.39, 0.29) is 0 Å². The van der Waals surface area contributed by atoms with Crippen LogP contribution in [0.15, 0.2) is 78.9 Å². The van der Waals surface area contributed by atoms with Crippen LogP contribution in [0, 0.1) is 0 Å². The molecule has 0 saturated carbocycles. The van der Waals surface area contributed by atoms with Gasteiger partial charge in [-0.1, -0.05) is 48.5 Å². The van der Waals surface area contributed by atoms with Crippen LogP contribution in [0.4, 0.5) is 5.69 Å². The third-order valence-corrected chi connectivity index (χ3v) is 4.17. The fraction of sp³-hybridized carbons (Fsp3) is 0.130. The molecular formula is C23H24N3O2S+. The van der Waals surface area contributed by atoms with E-state index in [1.165, 1.54) is 0 Å². The highest BCUT2D eigenvalue weighted by atomic mass is 32.1. The molecule has 3 rings (SSSR count). The van der Waals surface area contributed by atoms with E-state index in [0.29, 0.717) is 29.8 Å². The van der Waals surface area contributed by atoms with E-state index in [4.69, 9.17) is 21.7 Å². The molecule has 0 unspecified atom stereocenters. The monoisotopic (exact) mass is 406 g/mol. The highest BCUT2D eigenvalue weighted by Gasteiger charge is 2.08. The topological polar surface area (TPSA) is 56.5 Å². The van der Waals surface area contributed by atoms with E-state index in [2.05, 4.69) is 15.8 Å².